The van der Waals surface area contributed by atoms with Crippen molar-refractivity contribution in [3.63, 3.8) is 0 Å². The lowest BCUT2D eigenvalue weighted by atomic mass is 10.1. The molecule has 0 amide bonds. The summed E-state index contributed by atoms with van der Waals surface area (Å²) >= 11 is 0. The van der Waals surface area contributed by atoms with Crippen LogP contribution in [-0.2, 0) is 4.74 Å². The number of ether oxygens (including phenoxy) is 3. The molecule has 7 N–H and O–H groups in total. The van der Waals surface area contributed by atoms with Crippen molar-refractivity contribution in [2.45, 2.75) is 195 Å². The second-order valence-corrected chi connectivity index (χ2v) is 18.9. The first-order valence-electron chi connectivity index (χ1n) is 28.3. The molecule has 0 spiro atoms. The van der Waals surface area contributed by atoms with Crippen LogP contribution in [0, 0.1) is 0 Å². The zero-order chi connectivity index (χ0) is 50.9. The van der Waals surface area contributed by atoms with E-state index in [1.165, 1.54) is 122 Å². The van der Waals surface area contributed by atoms with Crippen LogP contribution in [0.15, 0.2) is 48.5 Å². The van der Waals surface area contributed by atoms with Crippen molar-refractivity contribution in [3.8, 4) is 11.5 Å². The summed E-state index contributed by atoms with van der Waals surface area (Å²) in [6.07, 6.45) is 30.9. The van der Waals surface area contributed by atoms with Crippen LogP contribution < -0.4 is 46.9 Å². The zero-order valence-electron chi connectivity index (χ0n) is 45.1. The van der Waals surface area contributed by atoms with Crippen molar-refractivity contribution in [2.24, 2.45) is 5.84 Å². The lowest BCUT2D eigenvalue weighted by molar-refractivity contribution is 0.107. The Bertz CT molecular complexity index is 1890. The minimum atomic E-state index is 0.448. The molecule has 0 unspecified atom stereocenters. The number of hydrogen-bond donors (Lipinski definition) is 6. The van der Waals surface area contributed by atoms with Gasteiger partial charge in [-0.1, -0.05) is 156 Å². The molecule has 0 saturated carbocycles. The van der Waals surface area contributed by atoms with Gasteiger partial charge in [0.25, 0.3) is 0 Å². The van der Waals surface area contributed by atoms with Crippen molar-refractivity contribution >= 4 is 47.1 Å². The Kier molecular flexibility index (Phi) is 32.4. The highest BCUT2D eigenvalue weighted by Crippen LogP contribution is 2.23. The number of anilines is 8. The normalized spacial score (nSPS) is 11.1. The Hall–Kier alpha value is -5.22. The number of benzene rings is 2. The second-order valence-electron chi connectivity index (χ2n) is 18.9. The van der Waals surface area contributed by atoms with Gasteiger partial charge < -0.3 is 40.8 Å². The lowest BCUT2D eigenvalue weighted by Crippen LogP contribution is -2.34. The molecule has 0 bridgehead atoms. The maximum absolute atomic E-state index is 6.48. The molecule has 0 aliphatic carbocycles. The average Bonchev–Trinajstić information content (AvgIpc) is 3.39. The predicted octanol–water partition coefficient (Wildman–Crippen LogP) is 14.2. The summed E-state index contributed by atoms with van der Waals surface area (Å²) in [7, 11) is 0. The van der Waals surface area contributed by atoms with Gasteiger partial charge in [-0.05, 0) is 74.2 Å². The Morgan fingerprint density at radius 2 is 0.708 bits per heavy atom. The molecule has 0 aliphatic rings. The summed E-state index contributed by atoms with van der Waals surface area (Å²) in [5, 5.41) is 18.6. The summed E-state index contributed by atoms with van der Waals surface area (Å²) in [5.74, 6) is 11.2. The van der Waals surface area contributed by atoms with E-state index in [2.05, 4.69) is 84.2 Å². The van der Waals surface area contributed by atoms with Crippen molar-refractivity contribution < 1.29 is 14.2 Å². The number of hydrazine groups is 1. The van der Waals surface area contributed by atoms with Crippen molar-refractivity contribution in [1.82, 2.24) is 29.9 Å². The number of nitrogens with two attached hydrogens (primary N) is 1. The molecule has 2 heterocycles. The summed E-state index contributed by atoms with van der Waals surface area (Å²) in [6.45, 7) is 14.5. The molecule has 0 saturated heterocycles. The van der Waals surface area contributed by atoms with E-state index >= 15 is 0 Å². The fraction of sp³-hybridized carbons (Fsp3) is 0.679. The monoisotopic (exact) mass is 998 g/mol. The first-order valence-corrected chi connectivity index (χ1v) is 28.3. The van der Waals surface area contributed by atoms with Crippen LogP contribution in [0.1, 0.15) is 195 Å². The van der Waals surface area contributed by atoms with Gasteiger partial charge in [0.2, 0.25) is 35.7 Å². The van der Waals surface area contributed by atoms with E-state index in [1.807, 2.05) is 48.5 Å². The predicted molar refractivity (Wildman–Crippen MR) is 301 cm³/mol. The Labute approximate surface area is 434 Å². The summed E-state index contributed by atoms with van der Waals surface area (Å²) in [4.78, 5) is 28.1. The van der Waals surface area contributed by atoms with Crippen LogP contribution in [-0.4, -0.2) is 82.5 Å². The summed E-state index contributed by atoms with van der Waals surface area (Å²) < 4.78 is 17.9. The second kappa shape index (κ2) is 39.3. The Morgan fingerprint density at radius 1 is 0.375 bits per heavy atom. The number of hydrogen-bond acceptors (Lipinski definition) is 16. The maximum atomic E-state index is 6.48. The van der Waals surface area contributed by atoms with Crippen LogP contribution in [0.4, 0.5) is 47.1 Å². The van der Waals surface area contributed by atoms with E-state index in [4.69, 9.17) is 20.1 Å². The van der Waals surface area contributed by atoms with Crippen LogP contribution in [0.5, 0.6) is 11.5 Å². The topological polar surface area (TPSA) is 194 Å². The zero-order valence-corrected chi connectivity index (χ0v) is 45.1. The van der Waals surface area contributed by atoms with Crippen LogP contribution >= 0.6 is 0 Å². The van der Waals surface area contributed by atoms with Gasteiger partial charge in [0.1, 0.15) is 11.5 Å². The molecule has 0 aliphatic heterocycles. The third kappa shape index (κ3) is 27.6. The third-order valence-corrected chi connectivity index (χ3v) is 12.3. The SMILES string of the molecule is CCCCCCCCNc1nc(NCCCCCCCC)nc(Nc2ccc(OCCCOCCCOc3ccc(Nc4nc(NCCCCCCCC)nc(N(N)CCCCCCCC)n4)cc3)cc2)n1. The standard InChI is InChI=1S/C56H95N13O3/c1-5-9-13-17-21-25-39-58-51-63-52(59-40-26-22-18-14-10-6-2)65-54(64-51)61-47-31-35-49(36-32-47)71-45-29-43-70-44-30-46-72-50-37-33-48(34-38-50)62-55-66-53(60-41-27-23-19-15-11-7-3)67-56(68-55)69(57)42-28-24-20-16-12-8-4/h31-38H,5-30,39-46,57H2,1-4H3,(H2,60,62,66,67,68)(H3,58,59,61,63,64,65). The van der Waals surface area contributed by atoms with Crippen LogP contribution in [0.3, 0.4) is 0 Å². The van der Waals surface area contributed by atoms with E-state index < -0.39 is 0 Å². The Morgan fingerprint density at radius 3 is 1.12 bits per heavy atom. The molecule has 2 aromatic heterocycles. The van der Waals surface area contributed by atoms with Gasteiger partial charge in [0.15, 0.2) is 0 Å². The summed E-state index contributed by atoms with van der Waals surface area (Å²) in [6, 6.07) is 15.7. The fourth-order valence-corrected chi connectivity index (χ4v) is 8.03. The van der Waals surface area contributed by atoms with Crippen molar-refractivity contribution in [3.05, 3.63) is 48.5 Å². The van der Waals surface area contributed by atoms with E-state index in [0.717, 1.165) is 87.5 Å². The van der Waals surface area contributed by atoms with Gasteiger partial charge in [0.05, 0.1) is 13.2 Å². The minimum Gasteiger partial charge on any atom is -0.494 e. The van der Waals surface area contributed by atoms with Gasteiger partial charge in [-0.25, -0.2) is 5.84 Å². The fourth-order valence-electron chi connectivity index (χ4n) is 8.03. The molecule has 2 aromatic carbocycles. The largest absolute Gasteiger partial charge is 0.494 e. The first-order chi connectivity index (χ1) is 35.5. The quantitative estimate of drug-likeness (QED) is 0.0139. The van der Waals surface area contributed by atoms with E-state index in [9.17, 15) is 0 Å². The van der Waals surface area contributed by atoms with Crippen LogP contribution in [0.25, 0.3) is 0 Å². The van der Waals surface area contributed by atoms with Gasteiger partial charge >= 0.3 is 0 Å². The molecular formula is C56H95N13O3. The van der Waals surface area contributed by atoms with Gasteiger partial charge in [0, 0.05) is 63.6 Å². The molecule has 0 fully saturated rings. The highest BCUT2D eigenvalue weighted by molar-refractivity contribution is 5.58. The molecule has 0 atom stereocenters. The minimum absolute atomic E-state index is 0.448. The van der Waals surface area contributed by atoms with E-state index in [1.54, 1.807) is 5.01 Å². The van der Waals surface area contributed by atoms with Gasteiger partial charge in [-0.15, -0.1) is 0 Å². The maximum Gasteiger partial charge on any atom is 0.246 e. The number of nitrogens with one attached hydrogen (secondary N) is 5. The Balaban J connectivity index is 1.14. The molecule has 4 rings (SSSR count). The number of rotatable bonds is 46. The highest BCUT2D eigenvalue weighted by atomic mass is 16.5. The smallest absolute Gasteiger partial charge is 0.246 e. The molecule has 4 aromatic rings. The third-order valence-electron chi connectivity index (χ3n) is 12.3. The van der Waals surface area contributed by atoms with Crippen molar-refractivity contribution in [1.29, 1.82) is 0 Å². The molecular weight excluding hydrogens is 903 g/mol. The molecule has 0 radical (unpaired) electrons. The first kappa shape index (κ1) is 59.3. The summed E-state index contributed by atoms with van der Waals surface area (Å²) in [5.41, 5.74) is 1.72. The van der Waals surface area contributed by atoms with Gasteiger partial charge in [-0.2, -0.15) is 29.9 Å². The molecule has 402 valence electrons. The number of aromatic nitrogens is 6. The molecule has 16 heteroatoms. The van der Waals surface area contributed by atoms with Gasteiger partial charge in [-0.3, -0.25) is 5.01 Å². The van der Waals surface area contributed by atoms with Crippen molar-refractivity contribution in [2.75, 3.05) is 84.2 Å². The number of unbranched alkanes of at least 4 members (excludes halogenated alkanes) is 20. The number of nitrogens with zero attached hydrogens (tertiary/aromatic N) is 7. The molecule has 72 heavy (non-hydrogen) atoms. The highest BCUT2D eigenvalue weighted by Gasteiger charge is 2.13. The average molecular weight is 998 g/mol. The van der Waals surface area contributed by atoms with Crippen LogP contribution in [0.2, 0.25) is 0 Å². The van der Waals surface area contributed by atoms with E-state index in [-0.39, 0.29) is 0 Å². The van der Waals surface area contributed by atoms with E-state index in [0.29, 0.717) is 68.7 Å². The molecule has 16 nitrogen and oxygen atoms in total. The lowest BCUT2D eigenvalue weighted by Gasteiger charge is -2.18.